The first kappa shape index (κ1) is 25.4. The van der Waals surface area contributed by atoms with E-state index in [2.05, 4.69) is 25.3 Å². The highest BCUT2D eigenvalue weighted by Gasteiger charge is 2.39. The van der Waals surface area contributed by atoms with E-state index in [4.69, 9.17) is 4.74 Å². The van der Waals surface area contributed by atoms with Crippen LogP contribution < -0.4 is 11.0 Å². The van der Waals surface area contributed by atoms with Gasteiger partial charge in [-0.1, -0.05) is 24.3 Å². The van der Waals surface area contributed by atoms with E-state index in [0.717, 1.165) is 6.20 Å². The summed E-state index contributed by atoms with van der Waals surface area (Å²) < 4.78 is 62.8. The Balaban J connectivity index is 1.46. The Kier molecular flexibility index (Phi) is 6.18. The number of H-pyrrole nitrogens is 1. The number of rotatable bonds is 6. The quantitative estimate of drug-likeness (QED) is 0.288. The summed E-state index contributed by atoms with van der Waals surface area (Å²) in [6.07, 6.45) is 1.84. The monoisotopic (exact) mass is 529 g/mol. The average molecular weight is 529 g/mol. The van der Waals surface area contributed by atoms with Gasteiger partial charge in [0.05, 0.1) is 24.4 Å². The van der Waals surface area contributed by atoms with Crippen LogP contribution in [0.1, 0.15) is 30.9 Å². The number of aromatic nitrogens is 6. The summed E-state index contributed by atoms with van der Waals surface area (Å²) in [6.45, 7) is 3.49. The molecule has 9 nitrogen and oxygen atoms in total. The minimum Gasteiger partial charge on any atom is -0.333 e. The van der Waals surface area contributed by atoms with E-state index < -0.39 is 29.6 Å². The highest BCUT2D eigenvalue weighted by Crippen LogP contribution is 2.32. The molecule has 4 aromatic rings. The van der Waals surface area contributed by atoms with Gasteiger partial charge in [-0.2, -0.15) is 17.6 Å². The van der Waals surface area contributed by atoms with Crippen molar-refractivity contribution in [2.24, 2.45) is 7.05 Å². The summed E-state index contributed by atoms with van der Waals surface area (Å²) in [5, 5.41) is 2.55. The third-order valence-corrected chi connectivity index (χ3v) is 5.84. The molecule has 4 heterocycles. The predicted molar refractivity (Wildman–Crippen MR) is 131 cm³/mol. The van der Waals surface area contributed by atoms with Crippen LogP contribution in [-0.2, 0) is 24.5 Å². The number of hydrogen-bond donors (Lipinski definition) is 2. The molecule has 1 atom stereocenters. The number of aromatic amines is 1. The summed E-state index contributed by atoms with van der Waals surface area (Å²) in [5.74, 6) is -2.16. The number of aryl methyl sites for hydroxylation is 1. The Hall–Kier alpha value is -4.26. The first-order valence-corrected chi connectivity index (χ1v) is 11.6. The largest absolute Gasteiger partial charge is 0.434 e. The number of imidazole rings is 2. The van der Waals surface area contributed by atoms with Crippen LogP contribution in [0.3, 0.4) is 0 Å². The van der Waals surface area contributed by atoms with Gasteiger partial charge in [0.1, 0.15) is 11.3 Å². The van der Waals surface area contributed by atoms with Crippen LogP contribution in [0.2, 0.25) is 0 Å². The maximum absolute atomic E-state index is 15.6. The lowest BCUT2D eigenvalue weighted by Gasteiger charge is -2.31. The molecule has 3 aromatic heterocycles. The van der Waals surface area contributed by atoms with Gasteiger partial charge in [0.2, 0.25) is 0 Å². The fourth-order valence-electron chi connectivity index (χ4n) is 4.16. The third-order valence-electron chi connectivity index (χ3n) is 5.84. The number of fused-ring (bicyclic) bond motifs is 1. The zero-order chi connectivity index (χ0) is 27.2. The van der Waals surface area contributed by atoms with Crippen LogP contribution >= 0.6 is 0 Å². The minimum absolute atomic E-state index is 0.0378. The summed E-state index contributed by atoms with van der Waals surface area (Å²) in [4.78, 5) is 27.8. The smallest absolute Gasteiger partial charge is 0.333 e. The minimum atomic E-state index is -4.55. The van der Waals surface area contributed by atoms with E-state index in [0.29, 0.717) is 16.6 Å². The molecule has 0 saturated heterocycles. The van der Waals surface area contributed by atoms with Crippen LogP contribution in [0.25, 0.3) is 28.1 Å². The summed E-state index contributed by atoms with van der Waals surface area (Å²) >= 11 is 0. The molecule has 0 fully saturated rings. The van der Waals surface area contributed by atoms with Gasteiger partial charge in [-0.15, -0.1) is 0 Å². The predicted octanol–water partition coefficient (Wildman–Crippen LogP) is 4.14. The lowest BCUT2D eigenvalue weighted by molar-refractivity contribution is -0.141. The van der Waals surface area contributed by atoms with Crippen molar-refractivity contribution >= 4 is 16.7 Å². The number of allylic oxidation sites excluding steroid dienone is 2. The van der Waals surface area contributed by atoms with Gasteiger partial charge < -0.3 is 19.6 Å². The van der Waals surface area contributed by atoms with Crippen LogP contribution in [0.5, 0.6) is 0 Å². The van der Waals surface area contributed by atoms with Crippen molar-refractivity contribution in [3.63, 3.8) is 0 Å². The molecule has 13 heteroatoms. The maximum atomic E-state index is 15.6. The molecule has 0 radical (unpaired) electrons. The number of dihydropyridines is 1. The van der Waals surface area contributed by atoms with Gasteiger partial charge in [0.25, 0.3) is 0 Å². The summed E-state index contributed by atoms with van der Waals surface area (Å²) in [7, 11) is 1.49. The summed E-state index contributed by atoms with van der Waals surface area (Å²) in [6, 6.07) is 6.63. The van der Waals surface area contributed by atoms with Crippen molar-refractivity contribution < 1.29 is 22.3 Å². The van der Waals surface area contributed by atoms with E-state index in [1.54, 1.807) is 44.2 Å². The molecular formula is C25H23F4N7O2. The summed E-state index contributed by atoms with van der Waals surface area (Å²) in [5.41, 5.74) is 0.407. The molecule has 1 unspecified atom stereocenters. The van der Waals surface area contributed by atoms with Crippen molar-refractivity contribution in [3.05, 3.63) is 82.6 Å². The number of hydrogen-bond acceptors (Lipinski definition) is 6. The number of alkyl halides is 4. The standard InChI is InChI=1S/C25H23F4N7O2/c1-14(2)38-25(29)17(5-4-10-31-25)20-30-11-18-22(34-20)36(23(37)32-18)12-15-6-8-16(9-7-15)21-33-19(13-35(21)3)24(26,27)28/h4-11,13-14,31H,12H2,1-3H3,(H,32,37). The van der Waals surface area contributed by atoms with Crippen molar-refractivity contribution in [3.8, 4) is 11.4 Å². The molecule has 0 aliphatic carbocycles. The van der Waals surface area contributed by atoms with E-state index in [-0.39, 0.29) is 29.4 Å². The number of benzene rings is 1. The number of ether oxygens (including phenoxy) is 1. The lowest BCUT2D eigenvalue weighted by Crippen LogP contribution is -2.45. The molecule has 2 N–H and O–H groups in total. The van der Waals surface area contributed by atoms with Crippen LogP contribution in [0.4, 0.5) is 17.6 Å². The third kappa shape index (κ3) is 4.72. The van der Waals surface area contributed by atoms with Crippen LogP contribution in [-0.4, -0.2) is 41.2 Å². The van der Waals surface area contributed by atoms with E-state index in [9.17, 15) is 18.0 Å². The molecule has 0 bridgehead atoms. The number of nitrogens with one attached hydrogen (secondary N) is 2. The lowest BCUT2D eigenvalue weighted by atomic mass is 10.1. The SMILES string of the molecule is CC(C)OC1(F)NC=CC=C1c1ncc2[nH]c(=O)n(Cc3ccc(-c4nc(C(F)(F)F)cn4C)cc3)c2n1. The Labute approximate surface area is 213 Å². The Bertz CT molecular complexity index is 1610. The Morgan fingerprint density at radius 3 is 2.55 bits per heavy atom. The molecular weight excluding hydrogens is 506 g/mol. The zero-order valence-corrected chi connectivity index (χ0v) is 20.5. The second-order valence-corrected chi connectivity index (χ2v) is 9.05. The average Bonchev–Trinajstić information content (AvgIpc) is 3.38. The molecule has 38 heavy (non-hydrogen) atoms. The second-order valence-electron chi connectivity index (χ2n) is 9.05. The van der Waals surface area contributed by atoms with Gasteiger partial charge in [-0.3, -0.25) is 4.57 Å². The highest BCUT2D eigenvalue weighted by atomic mass is 19.4. The van der Waals surface area contributed by atoms with Crippen molar-refractivity contribution in [1.29, 1.82) is 0 Å². The number of nitrogens with zero attached hydrogens (tertiary/aromatic N) is 5. The van der Waals surface area contributed by atoms with Crippen molar-refractivity contribution in [2.45, 2.75) is 38.7 Å². The zero-order valence-electron chi connectivity index (χ0n) is 20.5. The van der Waals surface area contributed by atoms with Gasteiger partial charge in [0.15, 0.2) is 17.2 Å². The topological polar surface area (TPSA) is 103 Å². The first-order chi connectivity index (χ1) is 17.9. The van der Waals surface area contributed by atoms with Crippen LogP contribution in [0, 0.1) is 0 Å². The molecule has 1 aromatic carbocycles. The number of halogens is 4. The normalized spacial score (nSPS) is 17.7. The first-order valence-electron chi connectivity index (χ1n) is 11.6. The van der Waals surface area contributed by atoms with Crippen LogP contribution in [0.15, 0.2) is 59.8 Å². The van der Waals surface area contributed by atoms with Gasteiger partial charge in [-0.05, 0) is 31.6 Å². The fourth-order valence-corrected chi connectivity index (χ4v) is 4.16. The second kappa shape index (κ2) is 9.24. The highest BCUT2D eigenvalue weighted by molar-refractivity contribution is 5.75. The van der Waals surface area contributed by atoms with Gasteiger partial charge in [-0.25, -0.2) is 19.7 Å². The molecule has 198 valence electrons. The van der Waals surface area contributed by atoms with Crippen molar-refractivity contribution in [2.75, 3.05) is 0 Å². The van der Waals surface area contributed by atoms with E-state index in [1.807, 2.05) is 0 Å². The molecule has 5 rings (SSSR count). The van der Waals surface area contributed by atoms with E-state index >= 15 is 4.39 Å². The van der Waals surface area contributed by atoms with E-state index in [1.165, 1.54) is 34.7 Å². The molecule has 0 saturated carbocycles. The molecule has 1 aliphatic heterocycles. The van der Waals surface area contributed by atoms with Gasteiger partial charge in [0, 0.05) is 25.0 Å². The molecule has 1 aliphatic rings. The van der Waals surface area contributed by atoms with Gasteiger partial charge >= 0.3 is 17.8 Å². The maximum Gasteiger partial charge on any atom is 0.434 e. The molecule has 0 spiro atoms. The fraction of sp³-hybridized carbons (Fsp3) is 0.280. The molecule has 0 amide bonds. The Morgan fingerprint density at radius 1 is 1.16 bits per heavy atom. The van der Waals surface area contributed by atoms with Crippen molar-refractivity contribution in [1.82, 2.24) is 34.4 Å². The Morgan fingerprint density at radius 2 is 1.89 bits per heavy atom.